The Bertz CT molecular complexity index is 1350. The molecule has 0 aliphatic carbocycles. The van der Waals surface area contributed by atoms with Crippen LogP contribution in [0.5, 0.6) is 11.5 Å². The third kappa shape index (κ3) is 6.06. The summed E-state index contributed by atoms with van der Waals surface area (Å²) < 4.78 is 11.6. The molecule has 37 heavy (non-hydrogen) atoms. The van der Waals surface area contributed by atoms with Crippen molar-refractivity contribution >= 4 is 62.2 Å². The fourth-order valence-electron chi connectivity index (χ4n) is 4.04. The van der Waals surface area contributed by atoms with Crippen LogP contribution in [0.15, 0.2) is 70.1 Å². The predicted molar refractivity (Wildman–Crippen MR) is 155 cm³/mol. The van der Waals surface area contributed by atoms with Gasteiger partial charge in [0, 0.05) is 34.2 Å². The number of likely N-dealkylation sites (N-methyl/N-ethyl adjacent to an activating group) is 1. The Morgan fingerprint density at radius 3 is 2.51 bits per heavy atom. The van der Waals surface area contributed by atoms with Crippen LogP contribution in [0.1, 0.15) is 16.7 Å². The van der Waals surface area contributed by atoms with Crippen LogP contribution in [0.25, 0.3) is 0 Å². The minimum Gasteiger partial charge on any atom is -0.493 e. The summed E-state index contributed by atoms with van der Waals surface area (Å²) in [6, 6.07) is 18.9. The molecule has 10 heteroatoms. The van der Waals surface area contributed by atoms with E-state index in [1.165, 1.54) is 0 Å². The monoisotopic (exact) mass is 600 g/mol. The van der Waals surface area contributed by atoms with E-state index in [2.05, 4.69) is 26.6 Å². The van der Waals surface area contributed by atoms with E-state index in [-0.39, 0.29) is 5.91 Å². The summed E-state index contributed by atoms with van der Waals surface area (Å²) in [6.45, 7) is 0.530. The van der Waals surface area contributed by atoms with Gasteiger partial charge in [-0.2, -0.15) is 0 Å². The highest BCUT2D eigenvalue weighted by molar-refractivity contribution is 9.10. The van der Waals surface area contributed by atoms with Gasteiger partial charge in [-0.1, -0.05) is 57.9 Å². The van der Waals surface area contributed by atoms with E-state index >= 15 is 0 Å². The largest absolute Gasteiger partial charge is 0.493 e. The van der Waals surface area contributed by atoms with Crippen LogP contribution in [0.4, 0.5) is 5.69 Å². The average molecular weight is 602 g/mol. The number of thiocarbonyl (C=S) groups is 1. The van der Waals surface area contributed by atoms with Crippen molar-refractivity contribution in [3.05, 3.63) is 86.8 Å². The van der Waals surface area contributed by atoms with Crippen molar-refractivity contribution in [1.82, 2.24) is 10.6 Å². The van der Waals surface area contributed by atoms with E-state index in [1.54, 1.807) is 32.2 Å². The van der Waals surface area contributed by atoms with Crippen LogP contribution < -0.4 is 25.0 Å². The first-order chi connectivity index (χ1) is 17.8. The lowest BCUT2D eigenvalue weighted by Crippen LogP contribution is -2.49. The van der Waals surface area contributed by atoms with Gasteiger partial charge in [-0.05, 0) is 54.5 Å². The lowest BCUT2D eigenvalue weighted by Gasteiger charge is -2.22. The third-order valence-electron chi connectivity index (χ3n) is 5.95. The standard InChI is InChI=1S/C27H26BrClN4O3S/c1-33-21-10-9-18(29)14-19(21)24(16-7-5-4-6-8-16)31-25(26(33)34)32-27(37)30-12-11-17-13-22(35-2)23(36-3)15-20(17)28/h4-10,13-15,25H,11-12H2,1-3H3,(H2,30,32,37). The van der Waals surface area contributed by atoms with E-state index in [1.807, 2.05) is 54.6 Å². The molecule has 3 aromatic carbocycles. The van der Waals surface area contributed by atoms with Crippen molar-refractivity contribution in [2.75, 3.05) is 32.7 Å². The molecule has 0 radical (unpaired) electrons. The van der Waals surface area contributed by atoms with E-state index in [4.69, 9.17) is 38.3 Å². The number of anilines is 1. The van der Waals surface area contributed by atoms with E-state index in [0.29, 0.717) is 40.3 Å². The number of rotatable bonds is 7. The lowest BCUT2D eigenvalue weighted by molar-refractivity contribution is -0.119. The Balaban J connectivity index is 1.53. The number of ether oxygens (including phenoxy) is 2. The van der Waals surface area contributed by atoms with Crippen LogP contribution in [-0.4, -0.2) is 50.7 Å². The van der Waals surface area contributed by atoms with Gasteiger partial charge in [0.15, 0.2) is 16.6 Å². The lowest BCUT2D eigenvalue weighted by atomic mass is 10.0. The van der Waals surface area contributed by atoms with Gasteiger partial charge < -0.3 is 25.0 Å². The third-order valence-corrected chi connectivity index (χ3v) is 7.18. The number of methoxy groups -OCH3 is 2. The number of halogens is 2. The molecule has 3 aromatic rings. The molecular weight excluding hydrogens is 576 g/mol. The number of benzene rings is 3. The molecule has 1 heterocycles. The topological polar surface area (TPSA) is 75.2 Å². The second-order valence-electron chi connectivity index (χ2n) is 8.25. The Hall–Kier alpha value is -3.14. The second-order valence-corrected chi connectivity index (χ2v) is 9.95. The molecule has 1 amide bonds. The maximum absolute atomic E-state index is 13.4. The fraction of sp³-hybridized carbons (Fsp3) is 0.222. The molecule has 1 aliphatic heterocycles. The summed E-state index contributed by atoms with van der Waals surface area (Å²) in [5.41, 5.74) is 4.05. The molecule has 7 nitrogen and oxygen atoms in total. The van der Waals surface area contributed by atoms with Crippen LogP contribution in [-0.2, 0) is 11.2 Å². The van der Waals surface area contributed by atoms with Crippen molar-refractivity contribution < 1.29 is 14.3 Å². The Kier molecular flexibility index (Phi) is 8.68. The van der Waals surface area contributed by atoms with Crippen LogP contribution >= 0.6 is 39.7 Å². The summed E-state index contributed by atoms with van der Waals surface area (Å²) in [6.07, 6.45) is -0.261. The first-order valence-corrected chi connectivity index (χ1v) is 13.1. The van der Waals surface area contributed by atoms with Gasteiger partial charge in [0.25, 0.3) is 5.91 Å². The molecule has 0 aromatic heterocycles. The van der Waals surface area contributed by atoms with Gasteiger partial charge in [0.2, 0.25) is 6.17 Å². The Labute approximate surface area is 234 Å². The Morgan fingerprint density at radius 2 is 1.81 bits per heavy atom. The van der Waals surface area contributed by atoms with E-state index < -0.39 is 6.17 Å². The SMILES string of the molecule is COc1cc(Br)c(CCNC(=S)NC2N=C(c3ccccc3)c3cc(Cl)ccc3N(C)C2=O)cc1OC. The van der Waals surface area contributed by atoms with Crippen LogP contribution in [0.2, 0.25) is 5.02 Å². The van der Waals surface area contributed by atoms with Gasteiger partial charge >= 0.3 is 0 Å². The summed E-state index contributed by atoms with van der Waals surface area (Å²) in [5, 5.41) is 7.15. The number of aliphatic imine (C=N–C) groups is 1. The first-order valence-electron chi connectivity index (χ1n) is 11.5. The molecule has 1 unspecified atom stereocenters. The highest BCUT2D eigenvalue weighted by Gasteiger charge is 2.30. The zero-order chi connectivity index (χ0) is 26.5. The molecule has 0 fully saturated rings. The highest BCUT2D eigenvalue weighted by Crippen LogP contribution is 2.33. The number of nitrogens with one attached hydrogen (secondary N) is 2. The number of fused-ring (bicyclic) bond motifs is 1. The normalized spacial score (nSPS) is 14.8. The van der Waals surface area contributed by atoms with Gasteiger partial charge in [0.1, 0.15) is 0 Å². The number of carbonyl (C=O) groups is 1. The van der Waals surface area contributed by atoms with E-state index in [9.17, 15) is 4.79 Å². The minimum atomic E-state index is -0.917. The zero-order valence-corrected chi connectivity index (χ0v) is 23.7. The molecule has 0 bridgehead atoms. The molecule has 0 saturated heterocycles. The second kappa shape index (κ2) is 11.9. The van der Waals surface area contributed by atoms with Crippen LogP contribution in [0, 0.1) is 0 Å². The number of benzodiazepines with no additional fused rings is 1. The number of amides is 1. The quantitative estimate of drug-likeness (QED) is 0.373. The van der Waals surface area contributed by atoms with Crippen molar-refractivity contribution in [1.29, 1.82) is 0 Å². The van der Waals surface area contributed by atoms with Crippen molar-refractivity contribution in [3.8, 4) is 11.5 Å². The number of hydrogen-bond donors (Lipinski definition) is 2. The van der Waals surface area contributed by atoms with Gasteiger partial charge in [-0.15, -0.1) is 0 Å². The number of carbonyl (C=O) groups excluding carboxylic acids is 1. The van der Waals surface area contributed by atoms with Crippen molar-refractivity contribution in [2.24, 2.45) is 4.99 Å². The van der Waals surface area contributed by atoms with Crippen molar-refractivity contribution in [3.63, 3.8) is 0 Å². The van der Waals surface area contributed by atoms with Crippen LogP contribution in [0.3, 0.4) is 0 Å². The minimum absolute atomic E-state index is 0.235. The van der Waals surface area contributed by atoms with Gasteiger partial charge in [-0.25, -0.2) is 4.99 Å². The van der Waals surface area contributed by atoms with E-state index in [0.717, 1.165) is 26.9 Å². The number of hydrogen-bond acceptors (Lipinski definition) is 5. The highest BCUT2D eigenvalue weighted by atomic mass is 79.9. The summed E-state index contributed by atoms with van der Waals surface area (Å²) in [4.78, 5) is 19.8. The molecule has 192 valence electrons. The number of nitrogens with zero attached hydrogens (tertiary/aromatic N) is 2. The van der Waals surface area contributed by atoms with Crippen molar-refractivity contribution in [2.45, 2.75) is 12.6 Å². The average Bonchev–Trinajstić information content (AvgIpc) is 3.00. The molecule has 1 aliphatic rings. The first kappa shape index (κ1) is 26.9. The smallest absolute Gasteiger partial charge is 0.272 e. The molecule has 0 spiro atoms. The van der Waals surface area contributed by atoms with Gasteiger partial charge in [-0.3, -0.25) is 4.79 Å². The Morgan fingerprint density at radius 1 is 1.11 bits per heavy atom. The summed E-state index contributed by atoms with van der Waals surface area (Å²) in [7, 11) is 4.92. The van der Waals surface area contributed by atoms with Gasteiger partial charge in [0.05, 0.1) is 25.6 Å². The molecule has 4 rings (SSSR count). The molecule has 1 atom stereocenters. The summed E-state index contributed by atoms with van der Waals surface area (Å²) >= 11 is 15.4. The fourth-order valence-corrected chi connectivity index (χ4v) is 4.95. The maximum atomic E-state index is 13.4. The maximum Gasteiger partial charge on any atom is 0.272 e. The molecular formula is C27H26BrClN4O3S. The predicted octanol–water partition coefficient (Wildman–Crippen LogP) is 4.97. The molecule has 0 saturated carbocycles. The zero-order valence-electron chi connectivity index (χ0n) is 20.5. The summed E-state index contributed by atoms with van der Waals surface area (Å²) in [5.74, 6) is 1.06. The molecule has 2 N–H and O–H groups in total.